The van der Waals surface area contributed by atoms with E-state index >= 15 is 0 Å². The van der Waals surface area contributed by atoms with Crippen LogP contribution in [-0.4, -0.2) is 29.1 Å². The molecule has 0 saturated carbocycles. The van der Waals surface area contributed by atoms with E-state index in [-0.39, 0.29) is 11.8 Å². The molecule has 0 fully saturated rings. The summed E-state index contributed by atoms with van der Waals surface area (Å²) < 4.78 is 13.7. The van der Waals surface area contributed by atoms with Gasteiger partial charge >= 0.3 is 0 Å². The minimum Gasteiger partial charge on any atom is -0.497 e. The first-order valence-corrected chi connectivity index (χ1v) is 15.3. The van der Waals surface area contributed by atoms with Gasteiger partial charge in [0.05, 0.1) is 7.11 Å². The summed E-state index contributed by atoms with van der Waals surface area (Å²) in [6.07, 6.45) is 5.00. The molecule has 2 heterocycles. The van der Waals surface area contributed by atoms with E-state index in [1.165, 1.54) is 5.56 Å². The fourth-order valence-corrected chi connectivity index (χ4v) is 5.69. The molecule has 6 rings (SSSR count). The molecule has 0 radical (unpaired) electrons. The van der Waals surface area contributed by atoms with Crippen molar-refractivity contribution in [2.24, 2.45) is 0 Å². The van der Waals surface area contributed by atoms with Crippen molar-refractivity contribution < 1.29 is 14.3 Å². The Morgan fingerprint density at radius 3 is 2.29 bits per heavy atom. The summed E-state index contributed by atoms with van der Waals surface area (Å²) in [5.74, 6) is 1.49. The molecule has 6 nitrogen and oxygen atoms in total. The maximum absolute atomic E-state index is 13.4. The Balaban J connectivity index is 1.27. The number of carbonyl (C=O) groups excluding carboxylic acids is 1. The quantitative estimate of drug-likeness (QED) is 0.150. The zero-order chi connectivity index (χ0) is 30.8. The number of nitrogens with zero attached hydrogens (tertiary/aromatic N) is 2. The Morgan fingerprint density at radius 2 is 1.53 bits per heavy atom. The molecule has 0 saturated heterocycles. The van der Waals surface area contributed by atoms with Crippen molar-refractivity contribution in [1.29, 1.82) is 0 Å². The first kappa shape index (κ1) is 29.7. The minimum atomic E-state index is -0.148. The third-order valence-electron chi connectivity index (χ3n) is 8.06. The van der Waals surface area contributed by atoms with Crippen LogP contribution in [0, 0.1) is 0 Å². The molecule has 0 unspecified atom stereocenters. The van der Waals surface area contributed by atoms with Crippen molar-refractivity contribution in [3.8, 4) is 11.5 Å². The standard InChI is InChI=1S/C39H37N3O3/c1-44-33-18-14-29(15-19-33)26-42-27-37(35-12-5-6-13-38(35)42)36(25-39(43)41-24-22-32-11-7-8-23-40-32)31-16-20-34(21-17-31)45-28-30-9-3-2-4-10-30/h2-21,23,27,36H,22,24-26,28H2,1H3,(H,41,43)/t36-/m0/s1. The Labute approximate surface area is 264 Å². The fourth-order valence-electron chi connectivity index (χ4n) is 5.69. The van der Waals surface area contributed by atoms with Gasteiger partial charge in [0.2, 0.25) is 5.91 Å². The molecule has 0 spiro atoms. The minimum absolute atomic E-state index is 0.00678. The topological polar surface area (TPSA) is 65.4 Å². The average Bonchev–Trinajstić information content (AvgIpc) is 3.45. The van der Waals surface area contributed by atoms with Gasteiger partial charge in [0.1, 0.15) is 18.1 Å². The van der Waals surface area contributed by atoms with Crippen LogP contribution in [0.25, 0.3) is 10.9 Å². The highest BCUT2D eigenvalue weighted by Crippen LogP contribution is 2.36. The number of pyridine rings is 1. The number of rotatable bonds is 13. The number of fused-ring (bicyclic) bond motifs is 1. The number of amides is 1. The molecule has 0 bridgehead atoms. The predicted octanol–water partition coefficient (Wildman–Crippen LogP) is 7.55. The second-order valence-corrected chi connectivity index (χ2v) is 11.1. The number of hydrogen-bond donors (Lipinski definition) is 1. The molecule has 0 aliphatic rings. The van der Waals surface area contributed by atoms with E-state index in [1.807, 2.05) is 60.7 Å². The van der Waals surface area contributed by atoms with Crippen molar-refractivity contribution in [2.75, 3.05) is 13.7 Å². The fraction of sp³-hybridized carbons (Fsp3) is 0.179. The molecular formula is C39H37N3O3. The smallest absolute Gasteiger partial charge is 0.220 e. The first-order chi connectivity index (χ1) is 22.2. The van der Waals surface area contributed by atoms with Gasteiger partial charge in [-0.1, -0.05) is 78.9 Å². The van der Waals surface area contributed by atoms with E-state index in [9.17, 15) is 4.79 Å². The van der Waals surface area contributed by atoms with Crippen LogP contribution in [-0.2, 0) is 24.4 Å². The van der Waals surface area contributed by atoms with Gasteiger partial charge in [0.25, 0.3) is 0 Å². The first-order valence-electron chi connectivity index (χ1n) is 15.3. The molecule has 2 aromatic heterocycles. The normalized spacial score (nSPS) is 11.7. The predicted molar refractivity (Wildman–Crippen MR) is 179 cm³/mol. The highest BCUT2D eigenvalue weighted by atomic mass is 16.5. The third kappa shape index (κ3) is 7.60. The van der Waals surface area contributed by atoms with Crippen molar-refractivity contribution >= 4 is 16.8 Å². The molecule has 45 heavy (non-hydrogen) atoms. The van der Waals surface area contributed by atoms with Gasteiger partial charge in [-0.05, 0) is 64.7 Å². The van der Waals surface area contributed by atoms with Crippen LogP contribution >= 0.6 is 0 Å². The zero-order valence-electron chi connectivity index (χ0n) is 25.4. The lowest BCUT2D eigenvalue weighted by Crippen LogP contribution is -2.27. The van der Waals surface area contributed by atoms with Gasteiger partial charge in [-0.2, -0.15) is 0 Å². The second-order valence-electron chi connectivity index (χ2n) is 11.1. The highest BCUT2D eigenvalue weighted by Gasteiger charge is 2.23. The second kappa shape index (κ2) is 14.4. The number of benzene rings is 4. The molecule has 1 N–H and O–H groups in total. The summed E-state index contributed by atoms with van der Waals surface area (Å²) in [4.78, 5) is 17.8. The molecular weight excluding hydrogens is 558 g/mol. The van der Waals surface area contributed by atoms with Crippen LogP contribution < -0.4 is 14.8 Å². The summed E-state index contributed by atoms with van der Waals surface area (Å²) in [5.41, 5.74) is 6.57. The van der Waals surface area contributed by atoms with Crippen LogP contribution in [0.5, 0.6) is 11.5 Å². The molecule has 6 heteroatoms. The summed E-state index contributed by atoms with van der Waals surface area (Å²) in [6, 6.07) is 40.7. The Bertz CT molecular complexity index is 1820. The highest BCUT2D eigenvalue weighted by molar-refractivity contribution is 5.87. The van der Waals surface area contributed by atoms with E-state index in [1.54, 1.807) is 13.3 Å². The Morgan fingerprint density at radius 1 is 0.800 bits per heavy atom. The zero-order valence-corrected chi connectivity index (χ0v) is 25.4. The third-order valence-corrected chi connectivity index (χ3v) is 8.06. The molecule has 0 aliphatic heterocycles. The molecule has 4 aromatic carbocycles. The molecule has 1 atom stereocenters. The van der Waals surface area contributed by atoms with Gasteiger partial charge in [-0.3, -0.25) is 9.78 Å². The van der Waals surface area contributed by atoms with Crippen LogP contribution in [0.15, 0.2) is 134 Å². The van der Waals surface area contributed by atoms with E-state index < -0.39 is 0 Å². The number of aromatic nitrogens is 2. The SMILES string of the molecule is COc1ccc(Cn2cc([C@@H](CC(=O)NCCc3ccccn3)c3ccc(OCc4ccccc4)cc3)c3ccccc32)cc1. The number of nitrogens with one attached hydrogen (secondary N) is 1. The van der Waals surface area contributed by atoms with Gasteiger partial charge in [-0.25, -0.2) is 0 Å². The van der Waals surface area contributed by atoms with E-state index in [0.29, 0.717) is 32.5 Å². The molecule has 1 amide bonds. The molecule has 6 aromatic rings. The molecule has 226 valence electrons. The maximum atomic E-state index is 13.4. The number of hydrogen-bond acceptors (Lipinski definition) is 4. The number of para-hydroxylation sites is 1. The van der Waals surface area contributed by atoms with Gasteiger partial charge in [0.15, 0.2) is 0 Å². The van der Waals surface area contributed by atoms with Crippen LogP contribution in [0.1, 0.15) is 40.3 Å². The van der Waals surface area contributed by atoms with E-state index in [4.69, 9.17) is 9.47 Å². The van der Waals surface area contributed by atoms with Gasteiger partial charge in [-0.15, -0.1) is 0 Å². The number of methoxy groups -OCH3 is 1. The number of ether oxygens (including phenoxy) is 2. The summed E-state index contributed by atoms with van der Waals surface area (Å²) in [6.45, 7) is 1.75. The monoisotopic (exact) mass is 595 g/mol. The van der Waals surface area contributed by atoms with Crippen LogP contribution in [0.4, 0.5) is 0 Å². The average molecular weight is 596 g/mol. The van der Waals surface area contributed by atoms with Crippen molar-refractivity contribution in [1.82, 2.24) is 14.9 Å². The maximum Gasteiger partial charge on any atom is 0.220 e. The number of carbonyl (C=O) groups is 1. The van der Waals surface area contributed by atoms with Gasteiger partial charge < -0.3 is 19.4 Å². The molecule has 0 aliphatic carbocycles. The van der Waals surface area contributed by atoms with E-state index in [2.05, 4.69) is 81.7 Å². The Hall–Kier alpha value is -5.36. The lowest BCUT2D eigenvalue weighted by molar-refractivity contribution is -0.121. The van der Waals surface area contributed by atoms with E-state index in [0.717, 1.165) is 44.8 Å². The summed E-state index contributed by atoms with van der Waals surface area (Å²) >= 11 is 0. The largest absolute Gasteiger partial charge is 0.497 e. The van der Waals surface area contributed by atoms with Crippen LogP contribution in [0.3, 0.4) is 0 Å². The summed E-state index contributed by atoms with van der Waals surface area (Å²) in [7, 11) is 1.68. The van der Waals surface area contributed by atoms with Crippen molar-refractivity contribution in [3.63, 3.8) is 0 Å². The Kier molecular flexibility index (Phi) is 9.51. The van der Waals surface area contributed by atoms with Gasteiger partial charge in [0, 0.05) is 60.8 Å². The summed E-state index contributed by atoms with van der Waals surface area (Å²) in [5, 5.41) is 4.27. The van der Waals surface area contributed by atoms with Crippen LogP contribution in [0.2, 0.25) is 0 Å². The van der Waals surface area contributed by atoms with Crippen molar-refractivity contribution in [2.45, 2.75) is 31.9 Å². The lowest BCUT2D eigenvalue weighted by atomic mass is 9.88. The van der Waals surface area contributed by atoms with Crippen molar-refractivity contribution in [3.05, 3.63) is 162 Å². The lowest BCUT2D eigenvalue weighted by Gasteiger charge is -2.18.